The summed E-state index contributed by atoms with van der Waals surface area (Å²) in [6.07, 6.45) is 14.4. The first-order valence-electron chi connectivity index (χ1n) is 8.85. The highest BCUT2D eigenvalue weighted by molar-refractivity contribution is 7.12. The third kappa shape index (κ3) is 8.01. The van der Waals surface area contributed by atoms with Crippen LogP contribution >= 0.6 is 11.3 Å². The molecule has 1 N–H and O–H groups in total. The zero-order valence-electron chi connectivity index (χ0n) is 14.3. The van der Waals surface area contributed by atoms with Crippen LogP contribution in [0.25, 0.3) is 0 Å². The second-order valence-electron chi connectivity index (χ2n) is 6.62. The van der Waals surface area contributed by atoms with Gasteiger partial charge in [0.15, 0.2) is 0 Å². The highest BCUT2D eigenvalue weighted by Gasteiger charge is 2.23. The monoisotopic (exact) mass is 310 g/mol. The molecule has 1 heterocycles. The van der Waals surface area contributed by atoms with E-state index in [0.717, 1.165) is 17.7 Å². The Balaban J connectivity index is 2.01. The molecule has 0 radical (unpaired) electrons. The van der Waals surface area contributed by atoms with E-state index in [0.29, 0.717) is 0 Å². The van der Waals surface area contributed by atoms with Crippen molar-refractivity contribution in [2.45, 2.75) is 97.0 Å². The maximum atomic E-state index is 10.5. The van der Waals surface area contributed by atoms with Gasteiger partial charge in [0, 0.05) is 9.75 Å². The van der Waals surface area contributed by atoms with Crippen LogP contribution in [0.1, 0.15) is 94.2 Å². The topological polar surface area (TPSA) is 20.2 Å². The van der Waals surface area contributed by atoms with Crippen LogP contribution in [0.15, 0.2) is 12.1 Å². The SMILES string of the molecule is CCCCCCCCCCCCC(C)(O)c1ccc(C)s1. The molecule has 1 aromatic rings. The number of unbranched alkanes of at least 4 members (excludes halogenated alkanes) is 9. The van der Waals surface area contributed by atoms with Gasteiger partial charge in [-0.1, -0.05) is 71.1 Å². The van der Waals surface area contributed by atoms with Crippen molar-refractivity contribution in [2.24, 2.45) is 0 Å². The highest BCUT2D eigenvalue weighted by Crippen LogP contribution is 2.32. The summed E-state index contributed by atoms with van der Waals surface area (Å²) in [5, 5.41) is 10.5. The van der Waals surface area contributed by atoms with Gasteiger partial charge in [0.25, 0.3) is 0 Å². The first kappa shape index (κ1) is 18.7. The Morgan fingerprint density at radius 2 is 1.43 bits per heavy atom. The van der Waals surface area contributed by atoms with Gasteiger partial charge in [-0.05, 0) is 32.4 Å². The predicted octanol–water partition coefficient (Wildman–Crippen LogP) is 6.58. The molecule has 1 rings (SSSR count). The molecule has 122 valence electrons. The van der Waals surface area contributed by atoms with Gasteiger partial charge in [0.2, 0.25) is 0 Å². The number of hydrogen-bond donors (Lipinski definition) is 1. The van der Waals surface area contributed by atoms with Crippen molar-refractivity contribution in [3.8, 4) is 0 Å². The lowest BCUT2D eigenvalue weighted by atomic mass is 9.96. The molecular weight excluding hydrogens is 276 g/mol. The van der Waals surface area contributed by atoms with E-state index in [1.807, 2.05) is 6.92 Å². The van der Waals surface area contributed by atoms with Crippen LogP contribution in [0.2, 0.25) is 0 Å². The van der Waals surface area contributed by atoms with E-state index in [4.69, 9.17) is 0 Å². The van der Waals surface area contributed by atoms with Gasteiger partial charge in [-0.25, -0.2) is 0 Å². The van der Waals surface area contributed by atoms with Gasteiger partial charge >= 0.3 is 0 Å². The van der Waals surface area contributed by atoms with Crippen molar-refractivity contribution in [3.63, 3.8) is 0 Å². The molecule has 2 heteroatoms. The molecule has 1 aromatic heterocycles. The first-order valence-corrected chi connectivity index (χ1v) is 9.67. The number of aliphatic hydroxyl groups is 1. The molecule has 0 fully saturated rings. The Morgan fingerprint density at radius 3 is 1.90 bits per heavy atom. The molecule has 1 unspecified atom stereocenters. The molecule has 0 saturated carbocycles. The summed E-state index contributed by atoms with van der Waals surface area (Å²) in [7, 11) is 0. The van der Waals surface area contributed by atoms with E-state index < -0.39 is 5.60 Å². The Kier molecular flexibility index (Phi) is 9.26. The fourth-order valence-electron chi connectivity index (χ4n) is 2.80. The summed E-state index contributed by atoms with van der Waals surface area (Å²) in [6, 6.07) is 4.18. The second-order valence-corrected chi connectivity index (χ2v) is 7.90. The Labute approximate surface area is 135 Å². The Bertz CT molecular complexity index is 367. The summed E-state index contributed by atoms with van der Waals surface area (Å²) in [4.78, 5) is 2.41. The van der Waals surface area contributed by atoms with Gasteiger partial charge in [0.1, 0.15) is 0 Å². The van der Waals surface area contributed by atoms with Gasteiger partial charge in [0.05, 0.1) is 5.60 Å². The molecule has 0 aromatic carbocycles. The van der Waals surface area contributed by atoms with Gasteiger partial charge in [-0.2, -0.15) is 0 Å². The van der Waals surface area contributed by atoms with Crippen LogP contribution in [-0.2, 0) is 5.60 Å². The van der Waals surface area contributed by atoms with Crippen LogP contribution in [0.3, 0.4) is 0 Å². The van der Waals surface area contributed by atoms with Gasteiger partial charge in [-0.15, -0.1) is 11.3 Å². The van der Waals surface area contributed by atoms with Crippen LogP contribution in [-0.4, -0.2) is 5.11 Å². The highest BCUT2D eigenvalue weighted by atomic mass is 32.1. The molecule has 0 aliphatic heterocycles. The third-order valence-electron chi connectivity index (χ3n) is 4.29. The zero-order valence-corrected chi connectivity index (χ0v) is 15.1. The van der Waals surface area contributed by atoms with Gasteiger partial charge in [-0.3, -0.25) is 0 Å². The third-order valence-corrected chi connectivity index (χ3v) is 5.54. The van der Waals surface area contributed by atoms with Crippen LogP contribution in [0.5, 0.6) is 0 Å². The molecule has 1 nitrogen and oxygen atoms in total. The number of hydrogen-bond acceptors (Lipinski definition) is 2. The molecule has 0 saturated heterocycles. The summed E-state index contributed by atoms with van der Waals surface area (Å²) in [5.41, 5.74) is -0.626. The van der Waals surface area contributed by atoms with Crippen LogP contribution < -0.4 is 0 Å². The Hall–Kier alpha value is -0.340. The fraction of sp³-hybridized carbons (Fsp3) is 0.789. The average Bonchev–Trinajstić information content (AvgIpc) is 2.88. The first-order chi connectivity index (χ1) is 10.1. The fourth-order valence-corrected chi connectivity index (χ4v) is 3.74. The molecule has 0 bridgehead atoms. The molecule has 0 aliphatic rings. The lowest BCUT2D eigenvalue weighted by molar-refractivity contribution is 0.0486. The number of rotatable bonds is 12. The van der Waals surface area contributed by atoms with E-state index in [2.05, 4.69) is 26.0 Å². The minimum absolute atomic E-state index is 0.626. The van der Waals surface area contributed by atoms with E-state index >= 15 is 0 Å². The summed E-state index contributed by atoms with van der Waals surface area (Å²) >= 11 is 1.73. The van der Waals surface area contributed by atoms with Crippen molar-refractivity contribution in [1.82, 2.24) is 0 Å². The van der Waals surface area contributed by atoms with Crippen molar-refractivity contribution in [1.29, 1.82) is 0 Å². The molecular formula is C19H34OS. The summed E-state index contributed by atoms with van der Waals surface area (Å²) < 4.78 is 0. The minimum atomic E-state index is -0.626. The van der Waals surface area contributed by atoms with Gasteiger partial charge < -0.3 is 5.11 Å². The predicted molar refractivity (Wildman–Crippen MR) is 95.1 cm³/mol. The lowest BCUT2D eigenvalue weighted by Gasteiger charge is -2.21. The zero-order chi connectivity index (χ0) is 15.6. The molecule has 1 atom stereocenters. The Morgan fingerprint density at radius 1 is 0.905 bits per heavy atom. The lowest BCUT2D eigenvalue weighted by Crippen LogP contribution is -2.19. The quantitative estimate of drug-likeness (QED) is 0.432. The van der Waals surface area contributed by atoms with Crippen molar-refractivity contribution in [2.75, 3.05) is 0 Å². The van der Waals surface area contributed by atoms with Crippen molar-refractivity contribution >= 4 is 11.3 Å². The normalized spacial score (nSPS) is 14.3. The smallest absolute Gasteiger partial charge is 0.0960 e. The minimum Gasteiger partial charge on any atom is -0.385 e. The second kappa shape index (κ2) is 10.4. The molecule has 0 amide bonds. The summed E-state index contributed by atoms with van der Waals surface area (Å²) in [6.45, 7) is 6.34. The molecule has 21 heavy (non-hydrogen) atoms. The van der Waals surface area contributed by atoms with Crippen LogP contribution in [0, 0.1) is 6.92 Å². The maximum absolute atomic E-state index is 10.5. The largest absolute Gasteiger partial charge is 0.385 e. The number of aryl methyl sites for hydroxylation is 1. The number of thiophene rings is 1. The average molecular weight is 311 g/mol. The van der Waals surface area contributed by atoms with Crippen molar-refractivity contribution < 1.29 is 5.11 Å². The van der Waals surface area contributed by atoms with Crippen molar-refractivity contribution in [3.05, 3.63) is 21.9 Å². The van der Waals surface area contributed by atoms with E-state index in [9.17, 15) is 5.11 Å². The molecule has 0 aliphatic carbocycles. The molecule has 0 spiro atoms. The van der Waals surface area contributed by atoms with E-state index in [1.165, 1.54) is 62.7 Å². The van der Waals surface area contributed by atoms with E-state index in [-0.39, 0.29) is 0 Å². The maximum Gasteiger partial charge on any atom is 0.0960 e. The van der Waals surface area contributed by atoms with E-state index in [1.54, 1.807) is 11.3 Å². The van der Waals surface area contributed by atoms with Crippen LogP contribution in [0.4, 0.5) is 0 Å². The standard InChI is InChI=1S/C19H34OS/c1-4-5-6-7-8-9-10-11-12-13-16-19(3,20)18-15-14-17(2)21-18/h14-15,20H,4-13,16H2,1-3H3. The summed E-state index contributed by atoms with van der Waals surface area (Å²) in [5.74, 6) is 0.